The lowest BCUT2D eigenvalue weighted by Gasteiger charge is -2.09. The molecule has 0 saturated carbocycles. The third-order valence-electron chi connectivity index (χ3n) is 1.86. The normalized spacial score (nSPS) is 26.6. The van der Waals surface area contributed by atoms with E-state index < -0.39 is 24.3 Å². The van der Waals surface area contributed by atoms with Crippen LogP contribution >= 0.6 is 0 Å². The molecule has 1 heterocycles. The van der Waals surface area contributed by atoms with Crippen molar-refractivity contribution >= 4 is 5.97 Å². The topological polar surface area (TPSA) is 66.8 Å². The predicted octanol–water partition coefficient (Wildman–Crippen LogP) is -0.0101. The maximum atomic E-state index is 11.1. The van der Waals surface area contributed by atoms with Crippen LogP contribution in [0.2, 0.25) is 0 Å². The first-order chi connectivity index (χ1) is 6.00. The monoisotopic (exact) mass is 186 g/mol. The molecule has 2 N–H and O–H groups in total. The van der Waals surface area contributed by atoms with Gasteiger partial charge in [-0.05, 0) is 19.9 Å². The van der Waals surface area contributed by atoms with E-state index in [1.54, 1.807) is 19.9 Å². The molecule has 0 aromatic rings. The number of rotatable bonds is 3. The molecule has 0 fully saturated rings. The van der Waals surface area contributed by atoms with Crippen molar-refractivity contribution in [2.45, 2.75) is 38.6 Å². The second-order valence-corrected chi connectivity index (χ2v) is 3.36. The third-order valence-corrected chi connectivity index (χ3v) is 1.86. The zero-order chi connectivity index (χ0) is 10.0. The molecule has 0 spiro atoms. The van der Waals surface area contributed by atoms with E-state index in [9.17, 15) is 4.79 Å². The standard InChI is InChI=1S/C9H14O4/c1-5(10)3-7-4-8(6(2)11)13-9(7)12/h4-6,8,10-11H,3H2,1-2H3/t5-,6+,8-/m0/s1. The molecule has 0 saturated heterocycles. The molecule has 0 unspecified atom stereocenters. The van der Waals surface area contributed by atoms with Gasteiger partial charge in [0.25, 0.3) is 0 Å². The fourth-order valence-electron chi connectivity index (χ4n) is 1.21. The van der Waals surface area contributed by atoms with Crippen molar-refractivity contribution in [3.05, 3.63) is 11.6 Å². The summed E-state index contributed by atoms with van der Waals surface area (Å²) in [6, 6.07) is 0. The Bertz CT molecular complexity index is 230. The van der Waals surface area contributed by atoms with Crippen molar-refractivity contribution in [2.24, 2.45) is 0 Å². The van der Waals surface area contributed by atoms with Crippen molar-refractivity contribution in [1.82, 2.24) is 0 Å². The van der Waals surface area contributed by atoms with Crippen molar-refractivity contribution < 1.29 is 19.7 Å². The van der Waals surface area contributed by atoms with Gasteiger partial charge in [-0.15, -0.1) is 0 Å². The molecule has 0 aromatic carbocycles. The zero-order valence-corrected chi connectivity index (χ0v) is 7.73. The Morgan fingerprint density at radius 1 is 1.54 bits per heavy atom. The van der Waals surface area contributed by atoms with Crippen LogP contribution in [0, 0.1) is 0 Å². The Morgan fingerprint density at radius 3 is 2.54 bits per heavy atom. The van der Waals surface area contributed by atoms with E-state index in [1.165, 1.54) is 0 Å². The van der Waals surface area contributed by atoms with E-state index in [4.69, 9.17) is 14.9 Å². The van der Waals surface area contributed by atoms with Crippen LogP contribution in [0.25, 0.3) is 0 Å². The molecule has 0 amide bonds. The lowest BCUT2D eigenvalue weighted by atomic mass is 10.1. The summed E-state index contributed by atoms with van der Waals surface area (Å²) in [5, 5.41) is 18.2. The summed E-state index contributed by atoms with van der Waals surface area (Å²) in [5.41, 5.74) is 0.445. The smallest absolute Gasteiger partial charge is 0.334 e. The summed E-state index contributed by atoms with van der Waals surface area (Å²) in [7, 11) is 0. The van der Waals surface area contributed by atoms with Crippen LogP contribution in [0.3, 0.4) is 0 Å². The SMILES string of the molecule is C[C@H](O)CC1=C[C@@H]([C@@H](C)O)OC1=O. The van der Waals surface area contributed by atoms with E-state index >= 15 is 0 Å². The molecule has 4 nitrogen and oxygen atoms in total. The maximum Gasteiger partial charge on any atom is 0.334 e. The zero-order valence-electron chi connectivity index (χ0n) is 7.73. The Morgan fingerprint density at radius 2 is 2.15 bits per heavy atom. The van der Waals surface area contributed by atoms with Crippen LogP contribution in [0.5, 0.6) is 0 Å². The Kier molecular flexibility index (Phi) is 3.06. The fourth-order valence-corrected chi connectivity index (χ4v) is 1.21. The molecule has 13 heavy (non-hydrogen) atoms. The van der Waals surface area contributed by atoms with E-state index in [1.807, 2.05) is 0 Å². The highest BCUT2D eigenvalue weighted by Gasteiger charge is 2.28. The van der Waals surface area contributed by atoms with Crippen LogP contribution in [-0.4, -0.2) is 34.5 Å². The summed E-state index contributed by atoms with van der Waals surface area (Å²) in [6.45, 7) is 3.16. The van der Waals surface area contributed by atoms with Crippen LogP contribution in [-0.2, 0) is 9.53 Å². The second-order valence-electron chi connectivity index (χ2n) is 3.36. The molecule has 0 radical (unpaired) electrons. The molecule has 74 valence electrons. The van der Waals surface area contributed by atoms with Crippen LogP contribution < -0.4 is 0 Å². The first-order valence-electron chi connectivity index (χ1n) is 4.28. The summed E-state index contributed by atoms with van der Waals surface area (Å²) < 4.78 is 4.84. The lowest BCUT2D eigenvalue weighted by molar-refractivity contribution is -0.143. The average molecular weight is 186 g/mol. The van der Waals surface area contributed by atoms with Gasteiger partial charge < -0.3 is 14.9 Å². The van der Waals surface area contributed by atoms with Crippen LogP contribution in [0.1, 0.15) is 20.3 Å². The van der Waals surface area contributed by atoms with E-state index in [2.05, 4.69) is 0 Å². The molecular weight excluding hydrogens is 172 g/mol. The van der Waals surface area contributed by atoms with Gasteiger partial charge in [-0.25, -0.2) is 4.79 Å². The minimum atomic E-state index is -0.699. The van der Waals surface area contributed by atoms with Crippen LogP contribution in [0.4, 0.5) is 0 Å². The molecule has 0 aromatic heterocycles. The van der Waals surface area contributed by atoms with E-state index in [0.717, 1.165) is 0 Å². The molecule has 3 atom stereocenters. The van der Waals surface area contributed by atoms with Gasteiger partial charge in [0, 0.05) is 12.0 Å². The average Bonchev–Trinajstić information content (AvgIpc) is 2.31. The molecule has 0 aliphatic carbocycles. The van der Waals surface area contributed by atoms with E-state index in [0.29, 0.717) is 5.57 Å². The molecule has 0 bridgehead atoms. The molecular formula is C9H14O4. The van der Waals surface area contributed by atoms with Gasteiger partial charge >= 0.3 is 5.97 Å². The van der Waals surface area contributed by atoms with Crippen LogP contribution in [0.15, 0.2) is 11.6 Å². The van der Waals surface area contributed by atoms with Crippen molar-refractivity contribution in [2.75, 3.05) is 0 Å². The molecule has 4 heteroatoms. The van der Waals surface area contributed by atoms with Crippen molar-refractivity contribution in [3.8, 4) is 0 Å². The number of hydrogen-bond donors (Lipinski definition) is 2. The van der Waals surface area contributed by atoms with Gasteiger partial charge in [-0.1, -0.05) is 0 Å². The highest BCUT2D eigenvalue weighted by atomic mass is 16.6. The number of ether oxygens (including phenoxy) is 1. The third kappa shape index (κ3) is 2.54. The number of aliphatic hydroxyl groups is 2. The number of carbonyl (C=O) groups excluding carboxylic acids is 1. The minimum Gasteiger partial charge on any atom is -0.452 e. The highest BCUT2D eigenvalue weighted by molar-refractivity contribution is 5.91. The quantitative estimate of drug-likeness (QED) is 0.608. The number of cyclic esters (lactones) is 1. The van der Waals surface area contributed by atoms with Gasteiger partial charge in [0.15, 0.2) is 0 Å². The first-order valence-corrected chi connectivity index (χ1v) is 4.28. The van der Waals surface area contributed by atoms with Gasteiger partial charge in [0.05, 0.1) is 12.2 Å². The van der Waals surface area contributed by atoms with Gasteiger partial charge in [0.1, 0.15) is 6.10 Å². The Hall–Kier alpha value is -0.870. The summed E-state index contributed by atoms with van der Waals surface area (Å²) >= 11 is 0. The predicted molar refractivity (Wildman–Crippen MR) is 45.9 cm³/mol. The number of carbonyl (C=O) groups is 1. The number of hydrogen-bond acceptors (Lipinski definition) is 4. The molecule has 1 aliphatic rings. The van der Waals surface area contributed by atoms with Gasteiger partial charge in [-0.2, -0.15) is 0 Å². The lowest BCUT2D eigenvalue weighted by Crippen LogP contribution is -2.21. The summed E-state index contributed by atoms with van der Waals surface area (Å²) in [5.74, 6) is -0.438. The largest absolute Gasteiger partial charge is 0.452 e. The summed E-state index contributed by atoms with van der Waals surface area (Å²) in [4.78, 5) is 11.1. The van der Waals surface area contributed by atoms with E-state index in [-0.39, 0.29) is 6.42 Å². The first kappa shape index (κ1) is 10.2. The highest BCUT2D eigenvalue weighted by Crippen LogP contribution is 2.20. The van der Waals surface area contributed by atoms with Gasteiger partial charge in [0.2, 0.25) is 0 Å². The number of esters is 1. The Labute approximate surface area is 76.8 Å². The second kappa shape index (κ2) is 3.89. The van der Waals surface area contributed by atoms with Gasteiger partial charge in [-0.3, -0.25) is 0 Å². The minimum absolute atomic E-state index is 0.280. The Balaban J connectivity index is 2.63. The summed E-state index contributed by atoms with van der Waals surface area (Å²) in [6.07, 6.45) is 0.0325. The molecule has 1 aliphatic heterocycles. The fraction of sp³-hybridized carbons (Fsp3) is 0.667. The maximum absolute atomic E-state index is 11.1. The number of aliphatic hydroxyl groups excluding tert-OH is 2. The molecule has 1 rings (SSSR count). The van der Waals surface area contributed by atoms with Crippen molar-refractivity contribution in [3.63, 3.8) is 0 Å². The van der Waals surface area contributed by atoms with Crippen molar-refractivity contribution in [1.29, 1.82) is 0 Å².